The van der Waals surface area contributed by atoms with E-state index in [1.165, 1.54) is 19.2 Å². The highest BCUT2D eigenvalue weighted by Crippen LogP contribution is 2.45. The fourth-order valence-corrected chi connectivity index (χ4v) is 5.89. The average molecular weight is 656 g/mol. The number of hydrogen-bond donors (Lipinski definition) is 2. The largest absolute Gasteiger partial charge is 0.507 e. The van der Waals surface area contributed by atoms with Gasteiger partial charge in [0, 0.05) is 11.8 Å². The first-order valence-corrected chi connectivity index (χ1v) is 17.3. The van der Waals surface area contributed by atoms with Crippen LogP contribution in [0.5, 0.6) is 5.75 Å². The number of benzene rings is 3. The van der Waals surface area contributed by atoms with Gasteiger partial charge in [-0.25, -0.2) is 4.79 Å². The van der Waals surface area contributed by atoms with Gasteiger partial charge >= 0.3 is 5.97 Å². The summed E-state index contributed by atoms with van der Waals surface area (Å²) in [6, 6.07) is 17.1. The summed E-state index contributed by atoms with van der Waals surface area (Å²) in [5.74, 6) is -0.570. The lowest BCUT2D eigenvalue weighted by atomic mass is 9.69. The summed E-state index contributed by atoms with van der Waals surface area (Å²) < 4.78 is 4.93. The molecule has 2 atom stereocenters. The molecule has 2 unspecified atom stereocenters. The normalized spacial score (nSPS) is 14.7. The zero-order valence-corrected chi connectivity index (χ0v) is 32.3. The summed E-state index contributed by atoms with van der Waals surface area (Å²) in [7, 11) is 1.33. The zero-order chi connectivity index (χ0) is 36.6. The molecule has 0 aromatic heterocycles. The third-order valence-electron chi connectivity index (χ3n) is 9.64. The standard InChI is InChI=1S/C43H61NO4/c1-16-27(2)37(44-26-29-19-28(38(46)48-15)17-18-36(29)45)43(47,34-22-30(39(3,4)5)20-31(23-34)40(6,7)8)35-24-32(41(9,10)11)21-33(25-35)42(12,13)14/h17-27,37,45,47H,16H2,1-15H3. The Kier molecular flexibility index (Phi) is 11.2. The van der Waals surface area contributed by atoms with Gasteiger partial charge in [0.1, 0.15) is 11.4 Å². The van der Waals surface area contributed by atoms with Crippen molar-refractivity contribution in [3.63, 3.8) is 0 Å². The van der Waals surface area contributed by atoms with Crippen LogP contribution in [0.25, 0.3) is 0 Å². The Hall–Kier alpha value is -3.44. The van der Waals surface area contributed by atoms with E-state index in [-0.39, 0.29) is 33.3 Å². The second-order valence-corrected chi connectivity index (χ2v) is 17.7. The van der Waals surface area contributed by atoms with Gasteiger partial charge < -0.3 is 14.9 Å². The Morgan fingerprint density at radius 3 is 1.42 bits per heavy atom. The van der Waals surface area contributed by atoms with Crippen LogP contribution in [-0.4, -0.2) is 35.5 Å². The van der Waals surface area contributed by atoms with Crippen LogP contribution in [0.4, 0.5) is 0 Å². The van der Waals surface area contributed by atoms with Gasteiger partial charge in [-0.1, -0.05) is 140 Å². The van der Waals surface area contributed by atoms with Crippen LogP contribution < -0.4 is 0 Å². The Balaban J connectivity index is 2.55. The maximum absolute atomic E-state index is 13.8. The lowest BCUT2D eigenvalue weighted by molar-refractivity contribution is 0.0325. The quantitative estimate of drug-likeness (QED) is 0.187. The number of phenolic OH excluding ortho intramolecular Hbond substituents is 1. The minimum absolute atomic E-state index is 0.00709. The molecule has 3 aromatic rings. The maximum atomic E-state index is 13.8. The van der Waals surface area contributed by atoms with Crippen molar-refractivity contribution in [1.29, 1.82) is 0 Å². The van der Waals surface area contributed by atoms with E-state index in [0.717, 1.165) is 39.8 Å². The monoisotopic (exact) mass is 655 g/mol. The number of carbonyl (C=O) groups is 1. The van der Waals surface area contributed by atoms with Crippen molar-refractivity contribution in [2.75, 3.05) is 7.11 Å². The van der Waals surface area contributed by atoms with Gasteiger partial charge in [0.25, 0.3) is 0 Å². The molecule has 0 bridgehead atoms. The molecule has 48 heavy (non-hydrogen) atoms. The van der Waals surface area contributed by atoms with Gasteiger partial charge in [-0.3, -0.25) is 4.99 Å². The summed E-state index contributed by atoms with van der Waals surface area (Å²) >= 11 is 0. The Morgan fingerprint density at radius 1 is 0.708 bits per heavy atom. The van der Waals surface area contributed by atoms with Crippen molar-refractivity contribution in [2.45, 2.75) is 137 Å². The first-order valence-electron chi connectivity index (χ1n) is 17.3. The number of ether oxygens (including phenoxy) is 1. The van der Waals surface area contributed by atoms with Crippen LogP contribution in [0, 0.1) is 5.92 Å². The Morgan fingerprint density at radius 2 is 1.08 bits per heavy atom. The van der Waals surface area contributed by atoms with Gasteiger partial charge in [0.15, 0.2) is 0 Å². The minimum atomic E-state index is -1.55. The second-order valence-electron chi connectivity index (χ2n) is 17.7. The van der Waals surface area contributed by atoms with E-state index in [9.17, 15) is 15.0 Å². The molecule has 262 valence electrons. The molecule has 2 N–H and O–H groups in total. The second kappa shape index (κ2) is 13.8. The van der Waals surface area contributed by atoms with Crippen LogP contribution in [0.3, 0.4) is 0 Å². The highest BCUT2D eigenvalue weighted by Gasteiger charge is 2.45. The topological polar surface area (TPSA) is 79.1 Å². The van der Waals surface area contributed by atoms with Crippen LogP contribution in [-0.2, 0) is 32.0 Å². The first-order chi connectivity index (χ1) is 21.8. The van der Waals surface area contributed by atoms with Crippen LogP contribution in [0.15, 0.2) is 59.6 Å². The fourth-order valence-electron chi connectivity index (χ4n) is 5.89. The minimum Gasteiger partial charge on any atom is -0.507 e. The fraction of sp³-hybridized carbons (Fsp3) is 0.535. The highest BCUT2D eigenvalue weighted by atomic mass is 16.5. The lowest BCUT2D eigenvalue weighted by Gasteiger charge is -2.41. The number of phenols is 1. The van der Waals surface area contributed by atoms with E-state index in [4.69, 9.17) is 9.73 Å². The number of nitrogens with zero attached hydrogens (tertiary/aromatic N) is 1. The number of esters is 1. The van der Waals surface area contributed by atoms with E-state index in [0.29, 0.717) is 11.1 Å². The molecular weight excluding hydrogens is 594 g/mol. The van der Waals surface area contributed by atoms with Gasteiger partial charge in [-0.15, -0.1) is 0 Å². The summed E-state index contributed by atoms with van der Waals surface area (Å²) in [5.41, 5.74) is 4.61. The van der Waals surface area contributed by atoms with E-state index in [2.05, 4.69) is 133 Å². The first kappa shape index (κ1) is 39.0. The predicted octanol–water partition coefficient (Wildman–Crippen LogP) is 10.1. The van der Waals surface area contributed by atoms with Gasteiger partial charge in [-0.05, 0) is 79.2 Å². The molecule has 3 aromatic carbocycles. The van der Waals surface area contributed by atoms with Gasteiger partial charge in [-0.2, -0.15) is 0 Å². The number of aromatic hydroxyl groups is 1. The van der Waals surface area contributed by atoms with Crippen LogP contribution >= 0.6 is 0 Å². The molecule has 0 aliphatic rings. The van der Waals surface area contributed by atoms with E-state index in [1.54, 1.807) is 12.3 Å². The predicted molar refractivity (Wildman–Crippen MR) is 201 cm³/mol. The summed E-state index contributed by atoms with van der Waals surface area (Å²) in [4.78, 5) is 17.5. The van der Waals surface area contributed by atoms with E-state index < -0.39 is 17.6 Å². The lowest BCUT2D eigenvalue weighted by Crippen LogP contribution is -2.44. The molecule has 5 nitrogen and oxygen atoms in total. The Labute approximate surface area is 290 Å². The van der Waals surface area contributed by atoms with Crippen LogP contribution in [0.2, 0.25) is 0 Å². The molecule has 0 radical (unpaired) electrons. The number of hydrogen-bond acceptors (Lipinski definition) is 5. The third-order valence-corrected chi connectivity index (χ3v) is 9.64. The molecular formula is C43H61NO4. The summed E-state index contributed by atoms with van der Waals surface area (Å²) in [6.07, 6.45) is 2.36. The highest BCUT2D eigenvalue weighted by molar-refractivity contribution is 5.93. The maximum Gasteiger partial charge on any atom is 0.337 e. The van der Waals surface area contributed by atoms with Gasteiger partial charge in [0.2, 0.25) is 0 Å². The third kappa shape index (κ3) is 8.58. The smallest absolute Gasteiger partial charge is 0.337 e. The van der Waals surface area contributed by atoms with Crippen molar-refractivity contribution >= 4 is 12.2 Å². The number of methoxy groups -OCH3 is 1. The molecule has 0 spiro atoms. The van der Waals surface area contributed by atoms with Crippen molar-refractivity contribution < 1.29 is 19.7 Å². The zero-order valence-electron chi connectivity index (χ0n) is 32.3. The summed E-state index contributed by atoms with van der Waals surface area (Å²) in [5, 5.41) is 24.6. The Bertz CT molecular complexity index is 1500. The number of rotatable bonds is 8. The number of aliphatic hydroxyl groups is 1. The molecule has 0 saturated carbocycles. The van der Waals surface area contributed by atoms with Crippen LogP contribution in [0.1, 0.15) is 153 Å². The van der Waals surface area contributed by atoms with Crippen molar-refractivity contribution in [2.24, 2.45) is 10.9 Å². The van der Waals surface area contributed by atoms with Crippen molar-refractivity contribution in [3.05, 3.63) is 99.1 Å². The average Bonchev–Trinajstić information content (AvgIpc) is 2.98. The molecule has 0 heterocycles. The summed E-state index contributed by atoms with van der Waals surface area (Å²) in [6.45, 7) is 30.7. The molecule has 0 aliphatic heterocycles. The SMILES string of the molecule is CCC(C)C(N=Cc1cc(C(=O)OC)ccc1O)C(O)(c1cc(C(C)(C)C)cc(C(C)(C)C)c1)c1cc(C(C)(C)C)cc(C(C)(C)C)c1. The molecule has 0 aliphatic carbocycles. The molecule has 5 heteroatoms. The molecule has 0 saturated heterocycles. The number of carbonyl (C=O) groups excluding carboxylic acids is 1. The van der Waals surface area contributed by atoms with E-state index >= 15 is 0 Å². The van der Waals surface area contributed by atoms with Gasteiger partial charge in [0.05, 0.1) is 18.7 Å². The molecule has 0 amide bonds. The number of aliphatic imine (C=N–C) groups is 1. The van der Waals surface area contributed by atoms with E-state index in [1.807, 2.05) is 0 Å². The molecule has 3 rings (SSSR count). The molecule has 0 fully saturated rings. The van der Waals surface area contributed by atoms with Crippen molar-refractivity contribution in [3.8, 4) is 5.75 Å². The van der Waals surface area contributed by atoms with Crippen molar-refractivity contribution in [1.82, 2.24) is 0 Å².